The fraction of sp³-hybridized carbons (Fsp3) is 0.500. The van der Waals surface area contributed by atoms with Gasteiger partial charge in [0.15, 0.2) is 0 Å². The van der Waals surface area contributed by atoms with Crippen LogP contribution in [-0.4, -0.2) is 22.5 Å². The second-order valence-corrected chi connectivity index (χ2v) is 5.55. The van der Waals surface area contributed by atoms with Crippen molar-refractivity contribution in [2.24, 2.45) is 0 Å². The molecule has 0 radical (unpaired) electrons. The normalized spacial score (nSPS) is 21.1. The third kappa shape index (κ3) is 2.42. The number of halogens is 1. The Hall–Kier alpha value is -0.220. The van der Waals surface area contributed by atoms with Crippen molar-refractivity contribution in [3.05, 3.63) is 22.3 Å². The zero-order chi connectivity index (χ0) is 9.97. The Morgan fingerprint density at radius 2 is 2.50 bits per heavy atom. The van der Waals surface area contributed by atoms with Gasteiger partial charge in [-0.3, -0.25) is 0 Å². The predicted octanol–water partition coefficient (Wildman–Crippen LogP) is 3.07. The van der Waals surface area contributed by atoms with E-state index in [9.17, 15) is 0 Å². The summed E-state index contributed by atoms with van der Waals surface area (Å²) in [5.41, 5.74) is 1.18. The van der Waals surface area contributed by atoms with Gasteiger partial charge in [-0.05, 0) is 46.7 Å². The molecule has 76 valence electrons. The highest BCUT2D eigenvalue weighted by Crippen LogP contribution is 2.25. The number of nitrogens with one attached hydrogen (secondary N) is 1. The van der Waals surface area contributed by atoms with Gasteiger partial charge in [0.25, 0.3) is 0 Å². The molecule has 0 spiro atoms. The number of rotatable bonds is 2. The highest BCUT2D eigenvalue weighted by atomic mass is 79.9. The van der Waals surface area contributed by atoms with Gasteiger partial charge in [0.2, 0.25) is 0 Å². The molecule has 0 bridgehead atoms. The Morgan fingerprint density at radius 3 is 3.14 bits per heavy atom. The lowest BCUT2D eigenvalue weighted by Gasteiger charge is -2.13. The van der Waals surface area contributed by atoms with Gasteiger partial charge in [0.05, 0.1) is 4.47 Å². The van der Waals surface area contributed by atoms with Gasteiger partial charge in [-0.25, -0.2) is 4.98 Å². The maximum absolute atomic E-state index is 4.37. The molecule has 1 fully saturated rings. The van der Waals surface area contributed by atoms with Gasteiger partial charge in [0.1, 0.15) is 5.82 Å². The highest BCUT2D eigenvalue weighted by Gasteiger charge is 2.16. The minimum Gasteiger partial charge on any atom is -0.366 e. The molecule has 0 saturated carbocycles. The number of pyridine rings is 1. The number of hydrogen-bond acceptors (Lipinski definition) is 3. The lowest BCUT2D eigenvalue weighted by Crippen LogP contribution is -2.19. The van der Waals surface area contributed by atoms with E-state index in [0.29, 0.717) is 6.04 Å². The molecule has 1 N–H and O–H groups in total. The second kappa shape index (κ2) is 4.53. The summed E-state index contributed by atoms with van der Waals surface area (Å²) >= 11 is 5.53. The first-order valence-electron chi connectivity index (χ1n) is 4.72. The van der Waals surface area contributed by atoms with E-state index in [1.54, 1.807) is 0 Å². The van der Waals surface area contributed by atoms with E-state index in [2.05, 4.69) is 32.3 Å². The zero-order valence-electron chi connectivity index (χ0n) is 8.09. The Kier molecular flexibility index (Phi) is 3.34. The van der Waals surface area contributed by atoms with Crippen molar-refractivity contribution >= 4 is 33.5 Å². The fourth-order valence-corrected chi connectivity index (χ4v) is 3.21. The third-order valence-electron chi connectivity index (χ3n) is 2.25. The number of hydrogen-bond donors (Lipinski definition) is 1. The predicted molar refractivity (Wildman–Crippen MR) is 66.0 cm³/mol. The van der Waals surface area contributed by atoms with Crippen LogP contribution in [0.2, 0.25) is 0 Å². The minimum atomic E-state index is 0.589. The Morgan fingerprint density at radius 1 is 1.64 bits per heavy atom. The van der Waals surface area contributed by atoms with Crippen LogP contribution in [-0.2, 0) is 0 Å². The Labute approximate surface area is 97.0 Å². The highest BCUT2D eigenvalue weighted by molar-refractivity contribution is 9.10. The second-order valence-electron chi connectivity index (χ2n) is 3.55. The van der Waals surface area contributed by atoms with Gasteiger partial charge in [-0.1, -0.05) is 0 Å². The van der Waals surface area contributed by atoms with E-state index in [1.807, 2.05) is 24.9 Å². The first kappa shape index (κ1) is 10.3. The topological polar surface area (TPSA) is 24.9 Å². The lowest BCUT2D eigenvalue weighted by atomic mass is 10.2. The van der Waals surface area contributed by atoms with Crippen LogP contribution in [0.1, 0.15) is 12.0 Å². The SMILES string of the molecule is Cc1cnc(NC2CCSC2)c(Br)c1. The molecule has 0 aromatic carbocycles. The summed E-state index contributed by atoms with van der Waals surface area (Å²) in [6.45, 7) is 2.05. The van der Waals surface area contributed by atoms with Crippen molar-refractivity contribution in [2.45, 2.75) is 19.4 Å². The fourth-order valence-electron chi connectivity index (χ4n) is 1.48. The molecule has 2 nitrogen and oxygen atoms in total. The molecule has 4 heteroatoms. The van der Waals surface area contributed by atoms with Crippen molar-refractivity contribution in [2.75, 3.05) is 16.8 Å². The molecule has 14 heavy (non-hydrogen) atoms. The average Bonchev–Trinajstić information content (AvgIpc) is 2.62. The van der Waals surface area contributed by atoms with E-state index in [4.69, 9.17) is 0 Å². The van der Waals surface area contributed by atoms with Crippen molar-refractivity contribution in [1.82, 2.24) is 4.98 Å². The maximum Gasteiger partial charge on any atom is 0.140 e. The monoisotopic (exact) mass is 272 g/mol. The van der Waals surface area contributed by atoms with E-state index in [1.165, 1.54) is 23.5 Å². The Bertz CT molecular complexity index is 324. The lowest BCUT2D eigenvalue weighted by molar-refractivity contribution is 0.805. The van der Waals surface area contributed by atoms with Crippen LogP contribution in [0.4, 0.5) is 5.82 Å². The molecule has 1 aromatic rings. The first-order valence-corrected chi connectivity index (χ1v) is 6.67. The molecule has 1 aliphatic heterocycles. The molecule has 1 aliphatic rings. The van der Waals surface area contributed by atoms with Crippen LogP contribution < -0.4 is 5.32 Å². The first-order chi connectivity index (χ1) is 6.75. The number of anilines is 1. The standard InChI is InChI=1S/C10H13BrN2S/c1-7-4-9(11)10(12-5-7)13-8-2-3-14-6-8/h4-5,8H,2-3,6H2,1H3,(H,12,13). The zero-order valence-corrected chi connectivity index (χ0v) is 10.5. The quantitative estimate of drug-likeness (QED) is 0.896. The number of aryl methyl sites for hydroxylation is 1. The summed E-state index contributed by atoms with van der Waals surface area (Å²) in [4.78, 5) is 4.37. The van der Waals surface area contributed by atoms with E-state index < -0.39 is 0 Å². The van der Waals surface area contributed by atoms with Crippen LogP contribution >= 0.6 is 27.7 Å². The van der Waals surface area contributed by atoms with Crippen LogP contribution in [0.15, 0.2) is 16.7 Å². The summed E-state index contributed by atoms with van der Waals surface area (Å²) in [5, 5.41) is 3.46. The summed E-state index contributed by atoms with van der Waals surface area (Å²) in [6, 6.07) is 2.68. The number of aromatic nitrogens is 1. The molecule has 1 atom stereocenters. The van der Waals surface area contributed by atoms with Crippen LogP contribution in [0, 0.1) is 6.92 Å². The summed E-state index contributed by atoms with van der Waals surface area (Å²) in [7, 11) is 0. The van der Waals surface area contributed by atoms with Crippen molar-refractivity contribution in [3.63, 3.8) is 0 Å². The van der Waals surface area contributed by atoms with E-state index in [-0.39, 0.29) is 0 Å². The van der Waals surface area contributed by atoms with Crippen molar-refractivity contribution in [1.29, 1.82) is 0 Å². The molecule has 1 saturated heterocycles. The summed E-state index contributed by atoms with van der Waals surface area (Å²) < 4.78 is 1.06. The largest absolute Gasteiger partial charge is 0.366 e. The molecule has 1 unspecified atom stereocenters. The van der Waals surface area contributed by atoms with Gasteiger partial charge in [0, 0.05) is 18.0 Å². The Balaban J connectivity index is 2.08. The van der Waals surface area contributed by atoms with Gasteiger partial charge < -0.3 is 5.32 Å². The minimum absolute atomic E-state index is 0.589. The van der Waals surface area contributed by atoms with Crippen molar-refractivity contribution < 1.29 is 0 Å². The van der Waals surface area contributed by atoms with E-state index in [0.717, 1.165) is 10.3 Å². The summed E-state index contributed by atoms with van der Waals surface area (Å²) in [6.07, 6.45) is 3.14. The van der Waals surface area contributed by atoms with Gasteiger partial charge in [-0.2, -0.15) is 11.8 Å². The number of thioether (sulfide) groups is 1. The molecule has 2 rings (SSSR count). The summed E-state index contributed by atoms with van der Waals surface area (Å²) in [5.74, 6) is 3.44. The smallest absolute Gasteiger partial charge is 0.140 e. The number of nitrogens with zero attached hydrogens (tertiary/aromatic N) is 1. The molecular weight excluding hydrogens is 260 g/mol. The molecular formula is C10H13BrN2S. The van der Waals surface area contributed by atoms with Gasteiger partial charge >= 0.3 is 0 Å². The van der Waals surface area contributed by atoms with E-state index >= 15 is 0 Å². The average molecular weight is 273 g/mol. The van der Waals surface area contributed by atoms with Gasteiger partial charge in [-0.15, -0.1) is 0 Å². The molecule has 0 amide bonds. The molecule has 2 heterocycles. The maximum atomic E-state index is 4.37. The van der Waals surface area contributed by atoms with Crippen LogP contribution in [0.25, 0.3) is 0 Å². The molecule has 0 aliphatic carbocycles. The third-order valence-corrected chi connectivity index (χ3v) is 4.02. The van der Waals surface area contributed by atoms with Crippen molar-refractivity contribution in [3.8, 4) is 0 Å². The van der Waals surface area contributed by atoms with Crippen LogP contribution in [0.3, 0.4) is 0 Å². The van der Waals surface area contributed by atoms with Crippen LogP contribution in [0.5, 0.6) is 0 Å². The molecule has 1 aromatic heterocycles.